The molecule has 4 nitrogen and oxygen atoms in total. The van der Waals surface area contributed by atoms with Crippen LogP contribution < -0.4 is 10.6 Å². The smallest absolute Gasteiger partial charge is 0.191 e. The Kier molecular flexibility index (Phi) is 8.35. The number of likely N-dealkylation sites (N-methyl/N-ethyl adjacent to an activating group) is 1. The van der Waals surface area contributed by atoms with E-state index in [9.17, 15) is 0 Å². The molecule has 20 heavy (non-hydrogen) atoms. The number of hydrogen-bond donors (Lipinski definition) is 2. The van der Waals surface area contributed by atoms with Gasteiger partial charge in [-0.3, -0.25) is 4.99 Å². The van der Waals surface area contributed by atoms with Gasteiger partial charge in [-0.1, -0.05) is 25.3 Å². The summed E-state index contributed by atoms with van der Waals surface area (Å²) in [4.78, 5) is 7.10. The highest BCUT2D eigenvalue weighted by Crippen LogP contribution is 2.28. The topological polar surface area (TPSA) is 39.7 Å². The number of hydrogen-bond acceptors (Lipinski definition) is 2. The molecule has 1 saturated carbocycles. The number of guanidine groups is 1. The summed E-state index contributed by atoms with van der Waals surface area (Å²) in [6.07, 6.45) is 8.74. The molecule has 0 bridgehead atoms. The van der Waals surface area contributed by atoms with Gasteiger partial charge in [-0.2, -0.15) is 0 Å². The molecule has 116 valence electrons. The van der Waals surface area contributed by atoms with Gasteiger partial charge in [0.2, 0.25) is 0 Å². The minimum atomic E-state index is 0.550. The van der Waals surface area contributed by atoms with Crippen molar-refractivity contribution in [1.82, 2.24) is 15.5 Å². The zero-order chi connectivity index (χ0) is 14.8. The average Bonchev–Trinajstić information content (AvgIpc) is 2.45. The van der Waals surface area contributed by atoms with E-state index in [1.807, 2.05) is 6.08 Å². The lowest BCUT2D eigenvalue weighted by atomic mass is 9.83. The third-order valence-corrected chi connectivity index (χ3v) is 4.05. The molecule has 0 radical (unpaired) electrons. The summed E-state index contributed by atoms with van der Waals surface area (Å²) in [5.41, 5.74) is 0. The Morgan fingerprint density at radius 3 is 2.55 bits per heavy atom. The Bertz CT molecular complexity index is 293. The Morgan fingerprint density at radius 2 is 2.00 bits per heavy atom. The standard InChI is InChI=1S/C16H32N4/c1-5-12-18-16(17-6-2)19-13-15(20(3)4)14-10-8-7-9-11-14/h5,14-15H,1,6-13H2,2-4H3,(H2,17,18,19). The fourth-order valence-electron chi connectivity index (χ4n) is 2.95. The minimum Gasteiger partial charge on any atom is -0.357 e. The summed E-state index contributed by atoms with van der Waals surface area (Å²) in [6, 6.07) is 0.550. The molecular formula is C16H32N4. The van der Waals surface area contributed by atoms with Gasteiger partial charge in [0, 0.05) is 19.1 Å². The maximum atomic E-state index is 4.75. The van der Waals surface area contributed by atoms with Gasteiger partial charge in [0.15, 0.2) is 5.96 Å². The first-order chi connectivity index (χ1) is 9.69. The summed E-state index contributed by atoms with van der Waals surface area (Å²) in [5, 5.41) is 6.56. The van der Waals surface area contributed by atoms with E-state index in [4.69, 9.17) is 4.99 Å². The van der Waals surface area contributed by atoms with Crippen molar-refractivity contribution in [2.24, 2.45) is 10.9 Å². The Labute approximate surface area is 124 Å². The number of aliphatic imine (C=N–C) groups is 1. The first kappa shape index (κ1) is 17.0. The van der Waals surface area contributed by atoms with Crippen molar-refractivity contribution in [2.45, 2.75) is 45.1 Å². The predicted octanol–water partition coefficient (Wildman–Crippen LogP) is 2.24. The third kappa shape index (κ3) is 5.95. The molecule has 4 heteroatoms. The molecule has 0 spiro atoms. The molecule has 1 atom stereocenters. The van der Waals surface area contributed by atoms with E-state index in [1.165, 1.54) is 32.1 Å². The van der Waals surface area contributed by atoms with E-state index in [1.54, 1.807) is 0 Å². The van der Waals surface area contributed by atoms with Crippen LogP contribution in [-0.4, -0.2) is 50.6 Å². The van der Waals surface area contributed by atoms with E-state index in [-0.39, 0.29) is 0 Å². The zero-order valence-corrected chi connectivity index (χ0v) is 13.5. The van der Waals surface area contributed by atoms with Crippen LogP contribution in [0.1, 0.15) is 39.0 Å². The van der Waals surface area contributed by atoms with Gasteiger partial charge in [-0.25, -0.2) is 0 Å². The predicted molar refractivity (Wildman–Crippen MR) is 88.2 cm³/mol. The van der Waals surface area contributed by atoms with Crippen molar-refractivity contribution in [2.75, 3.05) is 33.7 Å². The first-order valence-electron chi connectivity index (χ1n) is 7.98. The largest absolute Gasteiger partial charge is 0.357 e. The van der Waals surface area contributed by atoms with E-state index in [2.05, 4.69) is 43.1 Å². The van der Waals surface area contributed by atoms with Crippen molar-refractivity contribution in [1.29, 1.82) is 0 Å². The van der Waals surface area contributed by atoms with Crippen LogP contribution in [0.25, 0.3) is 0 Å². The van der Waals surface area contributed by atoms with Crippen molar-refractivity contribution in [3.8, 4) is 0 Å². The SMILES string of the molecule is C=CCNC(=NCC(C1CCCCC1)N(C)C)NCC. The summed E-state index contributed by atoms with van der Waals surface area (Å²) in [7, 11) is 4.36. The maximum absolute atomic E-state index is 4.75. The van der Waals surface area contributed by atoms with E-state index in [0.29, 0.717) is 6.04 Å². The molecule has 0 aromatic carbocycles. The monoisotopic (exact) mass is 280 g/mol. The van der Waals surface area contributed by atoms with Gasteiger partial charge in [0.05, 0.1) is 6.54 Å². The lowest BCUT2D eigenvalue weighted by Crippen LogP contribution is -2.42. The highest BCUT2D eigenvalue weighted by molar-refractivity contribution is 5.79. The molecule has 2 N–H and O–H groups in total. The van der Waals surface area contributed by atoms with Crippen molar-refractivity contribution in [3.05, 3.63) is 12.7 Å². The molecule has 0 amide bonds. The highest BCUT2D eigenvalue weighted by Gasteiger charge is 2.25. The molecule has 0 aromatic rings. The molecule has 1 unspecified atom stereocenters. The van der Waals surface area contributed by atoms with Crippen molar-refractivity contribution < 1.29 is 0 Å². The number of rotatable bonds is 7. The first-order valence-corrected chi connectivity index (χ1v) is 7.98. The lowest BCUT2D eigenvalue weighted by molar-refractivity contribution is 0.176. The van der Waals surface area contributed by atoms with Crippen LogP contribution in [0.4, 0.5) is 0 Å². The third-order valence-electron chi connectivity index (χ3n) is 4.05. The molecule has 0 aromatic heterocycles. The summed E-state index contributed by atoms with van der Waals surface area (Å²) in [5.74, 6) is 1.69. The van der Waals surface area contributed by atoms with Gasteiger partial charge in [0.1, 0.15) is 0 Å². The fourth-order valence-corrected chi connectivity index (χ4v) is 2.95. The molecule has 0 heterocycles. The van der Waals surface area contributed by atoms with Crippen LogP contribution in [0.2, 0.25) is 0 Å². The average molecular weight is 280 g/mol. The zero-order valence-electron chi connectivity index (χ0n) is 13.5. The van der Waals surface area contributed by atoms with Crippen molar-refractivity contribution >= 4 is 5.96 Å². The molecule has 1 aliphatic carbocycles. The molecule has 1 fully saturated rings. The molecule has 1 aliphatic rings. The van der Waals surface area contributed by atoms with E-state index >= 15 is 0 Å². The number of nitrogens with zero attached hydrogens (tertiary/aromatic N) is 2. The second-order valence-electron chi connectivity index (χ2n) is 5.82. The Hall–Kier alpha value is -1.03. The Balaban J connectivity index is 2.59. The van der Waals surface area contributed by atoms with Gasteiger partial charge < -0.3 is 15.5 Å². The second kappa shape index (κ2) is 9.81. The summed E-state index contributed by atoms with van der Waals surface area (Å²) >= 11 is 0. The normalized spacial score (nSPS) is 18.9. The number of nitrogens with one attached hydrogen (secondary N) is 2. The van der Waals surface area contributed by atoms with E-state index < -0.39 is 0 Å². The van der Waals surface area contributed by atoms with Gasteiger partial charge in [-0.05, 0) is 39.8 Å². The van der Waals surface area contributed by atoms with Crippen LogP contribution >= 0.6 is 0 Å². The quantitative estimate of drug-likeness (QED) is 0.427. The van der Waals surface area contributed by atoms with Crippen LogP contribution in [0, 0.1) is 5.92 Å². The van der Waals surface area contributed by atoms with Crippen molar-refractivity contribution in [3.63, 3.8) is 0 Å². The minimum absolute atomic E-state index is 0.550. The van der Waals surface area contributed by atoms with Gasteiger partial charge >= 0.3 is 0 Å². The van der Waals surface area contributed by atoms with Crippen LogP contribution in [-0.2, 0) is 0 Å². The fraction of sp³-hybridized carbons (Fsp3) is 0.812. The van der Waals surface area contributed by atoms with Crippen LogP contribution in [0.3, 0.4) is 0 Å². The molecule has 1 rings (SSSR count). The van der Waals surface area contributed by atoms with Gasteiger partial charge in [-0.15, -0.1) is 6.58 Å². The Morgan fingerprint density at radius 1 is 1.30 bits per heavy atom. The summed E-state index contributed by atoms with van der Waals surface area (Å²) < 4.78 is 0. The van der Waals surface area contributed by atoms with Crippen LogP contribution in [0.15, 0.2) is 17.6 Å². The second-order valence-corrected chi connectivity index (χ2v) is 5.82. The summed E-state index contributed by atoms with van der Waals surface area (Å²) in [6.45, 7) is 8.33. The van der Waals surface area contributed by atoms with Gasteiger partial charge in [0.25, 0.3) is 0 Å². The molecule has 0 saturated heterocycles. The highest BCUT2D eigenvalue weighted by atomic mass is 15.2. The lowest BCUT2D eigenvalue weighted by Gasteiger charge is -2.34. The van der Waals surface area contributed by atoms with Crippen LogP contribution in [0.5, 0.6) is 0 Å². The maximum Gasteiger partial charge on any atom is 0.191 e. The molecule has 0 aliphatic heterocycles. The van der Waals surface area contributed by atoms with E-state index in [0.717, 1.165) is 31.5 Å². The molecular weight excluding hydrogens is 248 g/mol.